The Bertz CT molecular complexity index is 119. The number of carboxylic acids is 1. The molecule has 0 bridgehead atoms. The Morgan fingerprint density at radius 2 is 2.00 bits per heavy atom. The fourth-order valence-corrected chi connectivity index (χ4v) is 0.369. The summed E-state index contributed by atoms with van der Waals surface area (Å²) in [6.07, 6.45) is -1.50. The number of aliphatic hydroxyl groups excluding tert-OH is 1. The molecule has 1 atom stereocenters. The zero-order valence-electron chi connectivity index (χ0n) is 5.61. The summed E-state index contributed by atoms with van der Waals surface area (Å²) in [4.78, 5) is 10.1. The third-order valence-corrected chi connectivity index (χ3v) is 0.977. The van der Waals surface area contributed by atoms with Crippen LogP contribution >= 0.6 is 0 Å². The molecule has 0 aliphatic rings. The van der Waals surface area contributed by atoms with E-state index in [1.54, 1.807) is 0 Å². The van der Waals surface area contributed by atoms with Crippen LogP contribution in [0.25, 0.3) is 0 Å². The van der Waals surface area contributed by atoms with E-state index in [2.05, 4.69) is 5.32 Å². The number of carbonyl (C=O) groups is 1. The number of hydrogen-bond acceptors (Lipinski definition) is 4. The molecule has 0 aliphatic carbocycles. The predicted molar refractivity (Wildman–Crippen MR) is 40.5 cm³/mol. The standard InChI is InChI=1S/C5H11NO4.Na.H/c1-3(5(9)10)6-2-4(7)8;;/h3-4,6-8H,2H2,1H3,(H,9,10);;. The summed E-state index contributed by atoms with van der Waals surface area (Å²) < 4.78 is 0. The number of nitrogens with one attached hydrogen (secondary N) is 1. The van der Waals surface area contributed by atoms with Crippen LogP contribution in [0.15, 0.2) is 0 Å². The molecule has 0 aromatic carbocycles. The molecule has 0 saturated carbocycles. The molecule has 0 heterocycles. The average Bonchev–Trinajstić information content (AvgIpc) is 1.82. The summed E-state index contributed by atoms with van der Waals surface area (Å²) in [5, 5.41) is 27.2. The second-order valence-corrected chi connectivity index (χ2v) is 1.95. The van der Waals surface area contributed by atoms with Crippen molar-refractivity contribution in [3.63, 3.8) is 0 Å². The van der Waals surface area contributed by atoms with E-state index in [9.17, 15) is 4.79 Å². The van der Waals surface area contributed by atoms with E-state index in [1.165, 1.54) is 6.92 Å². The first kappa shape index (κ1) is 13.9. The molecule has 0 radical (unpaired) electrons. The van der Waals surface area contributed by atoms with Crippen molar-refractivity contribution in [3.05, 3.63) is 0 Å². The summed E-state index contributed by atoms with van der Waals surface area (Å²) in [6, 6.07) is -0.748. The summed E-state index contributed by atoms with van der Waals surface area (Å²) >= 11 is 0. The van der Waals surface area contributed by atoms with Crippen LogP contribution in [0.2, 0.25) is 0 Å². The van der Waals surface area contributed by atoms with Crippen LogP contribution in [0.5, 0.6) is 0 Å². The van der Waals surface area contributed by atoms with Gasteiger partial charge in [-0.2, -0.15) is 0 Å². The summed E-state index contributed by atoms with van der Waals surface area (Å²) in [5.41, 5.74) is 0. The number of aliphatic carboxylic acids is 1. The summed E-state index contributed by atoms with van der Waals surface area (Å²) in [6.45, 7) is 1.29. The van der Waals surface area contributed by atoms with E-state index >= 15 is 0 Å². The molecule has 11 heavy (non-hydrogen) atoms. The van der Waals surface area contributed by atoms with Crippen LogP contribution in [0.4, 0.5) is 0 Å². The molecule has 0 fully saturated rings. The van der Waals surface area contributed by atoms with Crippen molar-refractivity contribution in [2.45, 2.75) is 19.3 Å². The molecule has 1 unspecified atom stereocenters. The molecular weight excluding hydrogens is 161 g/mol. The molecular formula is C5H12NNaO4. The predicted octanol–water partition coefficient (Wildman–Crippen LogP) is -2.29. The summed E-state index contributed by atoms with van der Waals surface area (Å²) in [5.74, 6) is -1.01. The fourth-order valence-electron chi connectivity index (χ4n) is 0.369. The molecule has 62 valence electrons. The first-order valence-electron chi connectivity index (χ1n) is 2.86. The van der Waals surface area contributed by atoms with Gasteiger partial charge in [-0.25, -0.2) is 0 Å². The van der Waals surface area contributed by atoms with Crippen LogP contribution < -0.4 is 5.32 Å². The van der Waals surface area contributed by atoms with E-state index in [0.29, 0.717) is 0 Å². The maximum atomic E-state index is 10.1. The van der Waals surface area contributed by atoms with Crippen molar-refractivity contribution < 1.29 is 20.1 Å². The molecule has 6 heteroatoms. The zero-order valence-corrected chi connectivity index (χ0v) is 5.61. The zero-order chi connectivity index (χ0) is 8.15. The number of aliphatic hydroxyl groups is 2. The Labute approximate surface area is 86.7 Å². The van der Waals surface area contributed by atoms with Gasteiger partial charge in [0, 0.05) is 6.54 Å². The first-order valence-corrected chi connectivity index (χ1v) is 2.86. The van der Waals surface area contributed by atoms with Gasteiger partial charge in [0.2, 0.25) is 0 Å². The van der Waals surface area contributed by atoms with Crippen LogP contribution in [0, 0.1) is 0 Å². The van der Waals surface area contributed by atoms with E-state index < -0.39 is 18.3 Å². The van der Waals surface area contributed by atoms with Crippen molar-refractivity contribution in [1.29, 1.82) is 0 Å². The van der Waals surface area contributed by atoms with Crippen molar-refractivity contribution >= 4 is 35.5 Å². The van der Waals surface area contributed by atoms with Gasteiger partial charge in [0.1, 0.15) is 6.04 Å². The van der Waals surface area contributed by atoms with E-state index in [1.807, 2.05) is 0 Å². The normalized spacial score (nSPS) is 12.4. The number of carboxylic acid groups (broad SMARTS) is 1. The number of rotatable bonds is 4. The fraction of sp³-hybridized carbons (Fsp3) is 0.800. The summed E-state index contributed by atoms with van der Waals surface area (Å²) in [7, 11) is 0. The monoisotopic (exact) mass is 173 g/mol. The van der Waals surface area contributed by atoms with E-state index in [-0.39, 0.29) is 36.1 Å². The van der Waals surface area contributed by atoms with Gasteiger partial charge in [-0.1, -0.05) is 0 Å². The SMILES string of the molecule is CC(NCC(O)O)C(=O)O.[NaH]. The topological polar surface area (TPSA) is 89.8 Å². The molecule has 0 saturated heterocycles. The van der Waals surface area contributed by atoms with Gasteiger partial charge < -0.3 is 15.3 Å². The van der Waals surface area contributed by atoms with Crippen molar-refractivity contribution in [2.24, 2.45) is 0 Å². The number of hydrogen-bond donors (Lipinski definition) is 4. The van der Waals surface area contributed by atoms with Crippen LogP contribution in [0.3, 0.4) is 0 Å². The molecule has 0 aromatic heterocycles. The molecule has 0 aromatic rings. The van der Waals surface area contributed by atoms with Gasteiger partial charge in [0.25, 0.3) is 0 Å². The first-order chi connectivity index (χ1) is 4.54. The quantitative estimate of drug-likeness (QED) is 0.284. The average molecular weight is 173 g/mol. The van der Waals surface area contributed by atoms with Gasteiger partial charge in [0.05, 0.1) is 0 Å². The minimum atomic E-state index is -1.50. The minimum absolute atomic E-state index is 0. The second kappa shape index (κ2) is 7.02. The van der Waals surface area contributed by atoms with Crippen molar-refractivity contribution in [2.75, 3.05) is 6.54 Å². The Morgan fingerprint density at radius 1 is 1.55 bits per heavy atom. The third-order valence-electron chi connectivity index (χ3n) is 0.977. The third kappa shape index (κ3) is 8.25. The van der Waals surface area contributed by atoms with Crippen LogP contribution in [-0.4, -0.2) is 69.7 Å². The Kier molecular flexibility index (Phi) is 8.88. The molecule has 0 aliphatic heterocycles. The molecule has 5 nitrogen and oxygen atoms in total. The molecule has 0 amide bonds. The molecule has 0 rings (SSSR count). The van der Waals surface area contributed by atoms with Crippen molar-refractivity contribution in [1.82, 2.24) is 5.32 Å². The van der Waals surface area contributed by atoms with Crippen LogP contribution in [-0.2, 0) is 4.79 Å². The molecule has 0 spiro atoms. The van der Waals surface area contributed by atoms with E-state index in [4.69, 9.17) is 15.3 Å². The van der Waals surface area contributed by atoms with Gasteiger partial charge in [-0.05, 0) is 6.92 Å². The van der Waals surface area contributed by atoms with E-state index in [0.717, 1.165) is 0 Å². The van der Waals surface area contributed by atoms with Gasteiger partial charge in [-0.15, -0.1) is 0 Å². The Morgan fingerprint density at radius 3 is 2.27 bits per heavy atom. The second-order valence-electron chi connectivity index (χ2n) is 1.95. The van der Waals surface area contributed by atoms with Crippen molar-refractivity contribution in [3.8, 4) is 0 Å². The van der Waals surface area contributed by atoms with Gasteiger partial charge in [-0.3, -0.25) is 10.1 Å². The Hall–Kier alpha value is 0.350. The van der Waals surface area contributed by atoms with Gasteiger partial charge in [0.15, 0.2) is 6.29 Å². The molecule has 4 N–H and O–H groups in total. The van der Waals surface area contributed by atoms with Crippen LogP contribution in [0.1, 0.15) is 6.92 Å². The Balaban J connectivity index is 0. The van der Waals surface area contributed by atoms with Gasteiger partial charge >= 0.3 is 35.5 Å². The maximum absolute atomic E-state index is 10.1.